The minimum atomic E-state index is -0.520. The number of nitrogens with one attached hydrogen (secondary N) is 1. The van der Waals surface area contributed by atoms with Gasteiger partial charge in [-0.2, -0.15) is 0 Å². The number of hydrogen-bond donors (Lipinski definition) is 1. The summed E-state index contributed by atoms with van der Waals surface area (Å²) in [5.41, 5.74) is 2.58. The van der Waals surface area contributed by atoms with E-state index in [0.717, 1.165) is 16.8 Å². The van der Waals surface area contributed by atoms with E-state index in [1.165, 1.54) is 10.6 Å². The third-order valence-electron chi connectivity index (χ3n) is 3.76. The molecule has 2 aromatic heterocycles. The van der Waals surface area contributed by atoms with Crippen molar-refractivity contribution in [1.29, 1.82) is 0 Å². The number of nitrogens with zero attached hydrogens (tertiary/aromatic N) is 3. The minimum absolute atomic E-state index is 0.0553. The highest BCUT2D eigenvalue weighted by Crippen LogP contribution is 2.06. The van der Waals surface area contributed by atoms with Crippen molar-refractivity contribution in [3.63, 3.8) is 0 Å². The van der Waals surface area contributed by atoms with Crippen molar-refractivity contribution in [2.75, 3.05) is 5.32 Å². The van der Waals surface area contributed by atoms with Gasteiger partial charge in [-0.1, -0.05) is 29.8 Å². The number of benzene rings is 1. The summed E-state index contributed by atoms with van der Waals surface area (Å²) >= 11 is 0. The number of carbonyl (C=O) groups is 1. The summed E-state index contributed by atoms with van der Waals surface area (Å²) in [5, 5.41) is 2.56. The van der Waals surface area contributed by atoms with Crippen LogP contribution in [0.2, 0.25) is 0 Å². The summed E-state index contributed by atoms with van der Waals surface area (Å²) in [6, 6.07) is 12.8. The van der Waals surface area contributed by atoms with Crippen molar-refractivity contribution >= 4 is 11.9 Å². The summed E-state index contributed by atoms with van der Waals surface area (Å²) < 4.78 is 1.51. The molecule has 0 bridgehead atoms. The van der Waals surface area contributed by atoms with E-state index in [0.29, 0.717) is 6.54 Å². The lowest BCUT2D eigenvalue weighted by Gasteiger charge is -2.09. The lowest BCUT2D eigenvalue weighted by atomic mass is 10.1. The molecule has 1 amide bonds. The molecule has 126 valence electrons. The molecule has 6 heteroatoms. The van der Waals surface area contributed by atoms with Crippen LogP contribution in [-0.2, 0) is 6.54 Å². The average molecular weight is 334 g/mol. The number of carbonyl (C=O) groups excluding carboxylic acids is 1. The van der Waals surface area contributed by atoms with E-state index in [9.17, 15) is 9.59 Å². The zero-order valence-electron chi connectivity index (χ0n) is 14.1. The summed E-state index contributed by atoms with van der Waals surface area (Å²) in [6.45, 7) is 4.21. The van der Waals surface area contributed by atoms with E-state index in [-0.39, 0.29) is 17.1 Å². The summed E-state index contributed by atoms with van der Waals surface area (Å²) in [6.07, 6.45) is 3.22. The standard InChI is InChI=1S/C19H18N4O2/c1-13-5-7-15(8-6-13)12-23-11-3-4-16(18(23)25)17(24)22-19-20-10-9-14(2)21-19/h3-11H,12H2,1-2H3,(H,20,21,22,24). The molecule has 0 saturated heterocycles. The molecule has 0 atom stereocenters. The van der Waals surface area contributed by atoms with Gasteiger partial charge in [0.15, 0.2) is 0 Å². The summed E-state index contributed by atoms with van der Waals surface area (Å²) in [5.74, 6) is -0.341. The van der Waals surface area contributed by atoms with Gasteiger partial charge in [0.25, 0.3) is 11.5 Å². The predicted molar refractivity (Wildman–Crippen MR) is 95.7 cm³/mol. The van der Waals surface area contributed by atoms with Crippen LogP contribution in [0, 0.1) is 13.8 Å². The highest BCUT2D eigenvalue weighted by molar-refractivity contribution is 6.03. The maximum Gasteiger partial charge on any atom is 0.263 e. The number of hydrogen-bond acceptors (Lipinski definition) is 4. The topological polar surface area (TPSA) is 76.9 Å². The van der Waals surface area contributed by atoms with Crippen LogP contribution in [0.15, 0.2) is 59.7 Å². The molecule has 25 heavy (non-hydrogen) atoms. The van der Waals surface area contributed by atoms with Gasteiger partial charge in [-0.05, 0) is 37.6 Å². The molecule has 6 nitrogen and oxygen atoms in total. The van der Waals surface area contributed by atoms with Crippen molar-refractivity contribution in [3.05, 3.63) is 87.6 Å². The Morgan fingerprint density at radius 2 is 1.88 bits per heavy atom. The van der Waals surface area contributed by atoms with Crippen molar-refractivity contribution in [2.24, 2.45) is 0 Å². The van der Waals surface area contributed by atoms with E-state index < -0.39 is 5.91 Å². The largest absolute Gasteiger partial charge is 0.310 e. The number of amides is 1. The maximum absolute atomic E-state index is 12.6. The molecular weight excluding hydrogens is 316 g/mol. The van der Waals surface area contributed by atoms with E-state index in [1.54, 1.807) is 31.5 Å². The van der Waals surface area contributed by atoms with Crippen LogP contribution in [0.5, 0.6) is 0 Å². The quantitative estimate of drug-likeness (QED) is 0.795. The van der Waals surface area contributed by atoms with Gasteiger partial charge in [-0.25, -0.2) is 9.97 Å². The van der Waals surface area contributed by atoms with Gasteiger partial charge in [0.2, 0.25) is 5.95 Å². The first-order valence-electron chi connectivity index (χ1n) is 7.89. The molecule has 0 aliphatic rings. The molecule has 0 unspecified atom stereocenters. The second-order valence-corrected chi connectivity index (χ2v) is 5.82. The van der Waals surface area contributed by atoms with Crippen LogP contribution in [0.3, 0.4) is 0 Å². The number of aryl methyl sites for hydroxylation is 2. The maximum atomic E-state index is 12.6. The van der Waals surface area contributed by atoms with E-state index in [2.05, 4.69) is 15.3 Å². The fourth-order valence-corrected chi connectivity index (χ4v) is 2.40. The molecule has 3 rings (SSSR count). The van der Waals surface area contributed by atoms with Gasteiger partial charge in [0.05, 0.1) is 6.54 Å². The zero-order chi connectivity index (χ0) is 17.8. The summed E-state index contributed by atoms with van der Waals surface area (Å²) in [4.78, 5) is 33.1. The Balaban J connectivity index is 1.84. The predicted octanol–water partition coefficient (Wildman–Crippen LogP) is 2.56. The Morgan fingerprint density at radius 1 is 1.12 bits per heavy atom. The average Bonchev–Trinajstić information content (AvgIpc) is 2.58. The number of rotatable bonds is 4. The third-order valence-corrected chi connectivity index (χ3v) is 3.76. The van der Waals surface area contributed by atoms with Crippen LogP contribution >= 0.6 is 0 Å². The highest BCUT2D eigenvalue weighted by atomic mass is 16.2. The SMILES string of the molecule is Cc1ccc(Cn2cccc(C(=O)Nc3nccc(C)n3)c2=O)cc1. The molecule has 0 aliphatic carbocycles. The van der Waals surface area contributed by atoms with Crippen LogP contribution in [0.4, 0.5) is 5.95 Å². The second kappa shape index (κ2) is 7.09. The fraction of sp³-hybridized carbons (Fsp3) is 0.158. The van der Waals surface area contributed by atoms with Gasteiger partial charge in [0, 0.05) is 18.1 Å². The molecule has 0 spiro atoms. The van der Waals surface area contributed by atoms with E-state index in [4.69, 9.17) is 0 Å². The van der Waals surface area contributed by atoms with Crippen LogP contribution in [0.25, 0.3) is 0 Å². The molecule has 0 aliphatic heterocycles. The fourth-order valence-electron chi connectivity index (χ4n) is 2.40. The first-order valence-corrected chi connectivity index (χ1v) is 7.89. The molecule has 3 aromatic rings. The molecule has 1 aromatic carbocycles. The van der Waals surface area contributed by atoms with Gasteiger partial charge in [-0.3, -0.25) is 14.9 Å². The van der Waals surface area contributed by atoms with Gasteiger partial charge < -0.3 is 4.57 Å². The molecule has 0 saturated carbocycles. The van der Waals surface area contributed by atoms with Gasteiger partial charge in [-0.15, -0.1) is 0 Å². The van der Waals surface area contributed by atoms with Crippen molar-refractivity contribution in [2.45, 2.75) is 20.4 Å². The van der Waals surface area contributed by atoms with E-state index in [1.807, 2.05) is 31.2 Å². The highest BCUT2D eigenvalue weighted by Gasteiger charge is 2.13. The lowest BCUT2D eigenvalue weighted by Crippen LogP contribution is -2.29. The van der Waals surface area contributed by atoms with Gasteiger partial charge >= 0.3 is 0 Å². The van der Waals surface area contributed by atoms with E-state index >= 15 is 0 Å². The summed E-state index contributed by atoms with van der Waals surface area (Å²) in [7, 11) is 0. The van der Waals surface area contributed by atoms with Crippen molar-refractivity contribution in [1.82, 2.24) is 14.5 Å². The number of aromatic nitrogens is 3. The molecular formula is C19H18N4O2. The first kappa shape index (κ1) is 16.6. The monoisotopic (exact) mass is 334 g/mol. The molecule has 0 fully saturated rings. The lowest BCUT2D eigenvalue weighted by molar-refractivity contribution is 0.102. The Bertz CT molecular complexity index is 962. The number of pyridine rings is 1. The normalized spacial score (nSPS) is 10.5. The second-order valence-electron chi connectivity index (χ2n) is 5.82. The molecule has 1 N–H and O–H groups in total. The third kappa shape index (κ3) is 3.98. The Morgan fingerprint density at radius 3 is 2.60 bits per heavy atom. The minimum Gasteiger partial charge on any atom is -0.310 e. The van der Waals surface area contributed by atoms with Crippen LogP contribution in [0.1, 0.15) is 27.2 Å². The Labute approximate surface area is 145 Å². The van der Waals surface area contributed by atoms with Crippen molar-refractivity contribution < 1.29 is 4.79 Å². The zero-order valence-corrected chi connectivity index (χ0v) is 14.1. The first-order chi connectivity index (χ1) is 12.0. The smallest absolute Gasteiger partial charge is 0.263 e. The van der Waals surface area contributed by atoms with Gasteiger partial charge in [0.1, 0.15) is 5.56 Å². The van der Waals surface area contributed by atoms with Crippen molar-refractivity contribution in [3.8, 4) is 0 Å². The Kier molecular flexibility index (Phi) is 4.70. The molecule has 2 heterocycles. The van der Waals surface area contributed by atoms with Crippen LogP contribution in [-0.4, -0.2) is 20.4 Å². The molecule has 0 radical (unpaired) electrons. The number of anilines is 1. The van der Waals surface area contributed by atoms with Crippen LogP contribution < -0.4 is 10.9 Å². The Hall–Kier alpha value is -3.28.